The Hall–Kier alpha value is -0.960. The second-order valence-corrected chi connectivity index (χ2v) is 8.07. The van der Waals surface area contributed by atoms with Crippen LogP contribution in [0.5, 0.6) is 0 Å². The third-order valence-corrected chi connectivity index (χ3v) is 6.62. The number of thiophene rings is 1. The van der Waals surface area contributed by atoms with Crippen LogP contribution in [0.1, 0.15) is 41.8 Å². The van der Waals surface area contributed by atoms with Gasteiger partial charge in [0.05, 0.1) is 7.11 Å². The summed E-state index contributed by atoms with van der Waals surface area (Å²) in [6, 6.07) is 1.13. The van der Waals surface area contributed by atoms with Crippen molar-refractivity contribution >= 4 is 27.3 Å². The van der Waals surface area contributed by atoms with E-state index in [1.54, 1.807) is 5.38 Å². The fraction of sp³-hybridized carbons (Fsp3) is 0.643. The number of nitrogens with two attached hydrogens (primary N) is 1. The molecule has 1 aromatic rings. The fourth-order valence-corrected chi connectivity index (χ4v) is 5.54. The highest BCUT2D eigenvalue weighted by Crippen LogP contribution is 2.28. The van der Waals surface area contributed by atoms with Gasteiger partial charge in [0.2, 0.25) is 10.0 Å². The molecule has 0 amide bonds. The number of hydrogen-bond donors (Lipinski definition) is 2. The van der Waals surface area contributed by atoms with E-state index in [0.29, 0.717) is 0 Å². The molecule has 124 valence electrons. The monoisotopic (exact) mass is 346 g/mol. The Balaban J connectivity index is 2.19. The first-order valence-electron chi connectivity index (χ1n) is 7.37. The summed E-state index contributed by atoms with van der Waals surface area (Å²) in [7, 11) is -2.55. The molecule has 0 bridgehead atoms. The van der Waals surface area contributed by atoms with E-state index < -0.39 is 16.0 Å². The second-order valence-electron chi connectivity index (χ2n) is 5.47. The highest BCUT2D eigenvalue weighted by molar-refractivity contribution is 7.89. The Kier molecular flexibility index (Phi) is 5.96. The van der Waals surface area contributed by atoms with Gasteiger partial charge in [0.25, 0.3) is 0 Å². The number of ether oxygens (including phenoxy) is 1. The smallest absolute Gasteiger partial charge is 0.349 e. The van der Waals surface area contributed by atoms with Crippen LogP contribution in [0.25, 0.3) is 0 Å². The molecule has 1 aliphatic carbocycles. The number of carbonyl (C=O) groups is 1. The Morgan fingerprint density at radius 2 is 2.14 bits per heavy atom. The topological polar surface area (TPSA) is 98.5 Å². The van der Waals surface area contributed by atoms with Crippen LogP contribution in [-0.4, -0.2) is 34.1 Å². The van der Waals surface area contributed by atoms with Gasteiger partial charge in [-0.05, 0) is 30.2 Å². The third-order valence-electron chi connectivity index (χ3n) is 4.07. The average molecular weight is 346 g/mol. The lowest BCUT2D eigenvalue weighted by atomic mass is 9.84. The van der Waals surface area contributed by atoms with Crippen LogP contribution in [0.4, 0.5) is 0 Å². The molecule has 3 N–H and O–H groups in total. The van der Waals surface area contributed by atoms with E-state index in [4.69, 9.17) is 5.73 Å². The highest BCUT2D eigenvalue weighted by Gasteiger charge is 2.30. The summed E-state index contributed by atoms with van der Waals surface area (Å²) in [5.41, 5.74) is 5.77. The van der Waals surface area contributed by atoms with E-state index in [-0.39, 0.29) is 28.3 Å². The van der Waals surface area contributed by atoms with Crippen molar-refractivity contribution in [2.24, 2.45) is 11.7 Å². The minimum Gasteiger partial charge on any atom is -0.465 e. The number of rotatable bonds is 6. The van der Waals surface area contributed by atoms with E-state index in [9.17, 15) is 13.2 Å². The summed E-state index contributed by atoms with van der Waals surface area (Å²) in [6.45, 7) is 0.252. The molecule has 0 aliphatic heterocycles. The van der Waals surface area contributed by atoms with Gasteiger partial charge in [-0.25, -0.2) is 17.9 Å². The van der Waals surface area contributed by atoms with Gasteiger partial charge >= 0.3 is 5.97 Å². The van der Waals surface area contributed by atoms with Gasteiger partial charge in [0.15, 0.2) is 0 Å². The molecular weight excluding hydrogens is 324 g/mol. The zero-order valence-electron chi connectivity index (χ0n) is 12.6. The minimum absolute atomic E-state index is 0.0291. The van der Waals surface area contributed by atoms with Crippen molar-refractivity contribution < 1.29 is 17.9 Å². The zero-order valence-corrected chi connectivity index (χ0v) is 14.2. The molecule has 0 saturated heterocycles. The first-order valence-corrected chi connectivity index (χ1v) is 9.74. The molecule has 1 unspecified atom stereocenters. The maximum atomic E-state index is 12.6. The molecule has 1 fully saturated rings. The average Bonchev–Trinajstić information content (AvgIpc) is 3.03. The summed E-state index contributed by atoms with van der Waals surface area (Å²) in [5.74, 6) is -0.383. The molecule has 1 saturated carbocycles. The lowest BCUT2D eigenvalue weighted by molar-refractivity contribution is 0.0602. The van der Waals surface area contributed by atoms with Gasteiger partial charge in [-0.2, -0.15) is 0 Å². The lowest BCUT2D eigenvalue weighted by Crippen LogP contribution is -2.45. The summed E-state index contributed by atoms with van der Waals surface area (Å²) in [4.78, 5) is 11.7. The summed E-state index contributed by atoms with van der Waals surface area (Å²) >= 11 is 1.05. The van der Waals surface area contributed by atoms with Gasteiger partial charge in [-0.15, -0.1) is 11.3 Å². The fourth-order valence-electron chi connectivity index (χ4n) is 2.89. The standard InChI is InChI=1S/C14H22N2O4S2/c1-20-14(17)13-12(7-8-21-13)22(18,19)16-11(9-15)10-5-3-2-4-6-10/h7-8,10-11,16H,2-6,9,15H2,1H3. The molecule has 1 atom stereocenters. The van der Waals surface area contributed by atoms with Crippen molar-refractivity contribution in [1.29, 1.82) is 0 Å². The number of nitrogens with one attached hydrogen (secondary N) is 1. The Morgan fingerprint density at radius 3 is 2.73 bits per heavy atom. The predicted molar refractivity (Wildman–Crippen MR) is 85.4 cm³/mol. The third kappa shape index (κ3) is 3.87. The van der Waals surface area contributed by atoms with Crippen LogP contribution in [-0.2, 0) is 14.8 Å². The van der Waals surface area contributed by atoms with Crippen molar-refractivity contribution in [2.45, 2.75) is 43.0 Å². The second kappa shape index (κ2) is 7.54. The first kappa shape index (κ1) is 17.4. The Labute approximate surface area is 135 Å². The van der Waals surface area contributed by atoms with Crippen molar-refractivity contribution in [3.05, 3.63) is 16.3 Å². The van der Waals surface area contributed by atoms with Crippen molar-refractivity contribution in [3.8, 4) is 0 Å². The summed E-state index contributed by atoms with van der Waals surface area (Å²) in [6.07, 6.45) is 5.37. The van der Waals surface area contributed by atoms with Gasteiger partial charge < -0.3 is 10.5 Å². The van der Waals surface area contributed by atoms with E-state index >= 15 is 0 Å². The number of esters is 1. The predicted octanol–water partition coefficient (Wildman–Crippen LogP) is 1.72. The van der Waals surface area contributed by atoms with Gasteiger partial charge in [0.1, 0.15) is 9.77 Å². The maximum absolute atomic E-state index is 12.6. The molecule has 0 spiro atoms. The summed E-state index contributed by atoms with van der Waals surface area (Å²) in [5, 5.41) is 1.57. The molecule has 0 radical (unpaired) electrons. The van der Waals surface area contributed by atoms with E-state index in [2.05, 4.69) is 9.46 Å². The molecule has 0 aromatic carbocycles. The van der Waals surface area contributed by atoms with Gasteiger partial charge in [-0.1, -0.05) is 19.3 Å². The SMILES string of the molecule is COC(=O)c1sccc1S(=O)(=O)NC(CN)C1CCCCC1. The molecule has 8 heteroatoms. The molecule has 1 aliphatic rings. The van der Waals surface area contributed by atoms with Gasteiger partial charge in [-0.3, -0.25) is 0 Å². The molecule has 1 heterocycles. The van der Waals surface area contributed by atoms with E-state index in [1.165, 1.54) is 19.6 Å². The van der Waals surface area contributed by atoms with Crippen LogP contribution in [0.15, 0.2) is 16.3 Å². The maximum Gasteiger partial charge on any atom is 0.349 e. The lowest BCUT2D eigenvalue weighted by Gasteiger charge is -2.29. The molecule has 22 heavy (non-hydrogen) atoms. The van der Waals surface area contributed by atoms with Crippen LogP contribution < -0.4 is 10.5 Å². The molecule has 6 nitrogen and oxygen atoms in total. The van der Waals surface area contributed by atoms with Crippen LogP contribution in [0.3, 0.4) is 0 Å². The zero-order chi connectivity index (χ0) is 16.2. The number of sulfonamides is 1. The normalized spacial score (nSPS) is 18.1. The van der Waals surface area contributed by atoms with E-state index in [1.807, 2.05) is 0 Å². The van der Waals surface area contributed by atoms with Crippen molar-refractivity contribution in [2.75, 3.05) is 13.7 Å². The number of hydrogen-bond acceptors (Lipinski definition) is 6. The highest BCUT2D eigenvalue weighted by atomic mass is 32.2. The van der Waals surface area contributed by atoms with Crippen molar-refractivity contribution in [3.63, 3.8) is 0 Å². The molecular formula is C14H22N2O4S2. The molecule has 1 aromatic heterocycles. The van der Waals surface area contributed by atoms with Crippen LogP contribution >= 0.6 is 11.3 Å². The quantitative estimate of drug-likeness (QED) is 0.764. The largest absolute Gasteiger partial charge is 0.465 e. The van der Waals surface area contributed by atoms with Gasteiger partial charge in [0, 0.05) is 12.6 Å². The molecule has 2 rings (SSSR count). The first-order chi connectivity index (χ1) is 10.5. The van der Waals surface area contributed by atoms with Crippen LogP contribution in [0.2, 0.25) is 0 Å². The Bertz CT molecular complexity index is 606. The van der Waals surface area contributed by atoms with E-state index in [0.717, 1.165) is 37.0 Å². The number of methoxy groups -OCH3 is 1. The van der Waals surface area contributed by atoms with Crippen LogP contribution in [0, 0.1) is 5.92 Å². The Morgan fingerprint density at radius 1 is 1.45 bits per heavy atom. The number of carbonyl (C=O) groups excluding carboxylic acids is 1. The minimum atomic E-state index is -3.78. The summed E-state index contributed by atoms with van der Waals surface area (Å²) < 4.78 is 32.5. The van der Waals surface area contributed by atoms with Crippen molar-refractivity contribution in [1.82, 2.24) is 4.72 Å².